The highest BCUT2D eigenvalue weighted by Crippen LogP contribution is 2.29. The molecule has 1 fully saturated rings. The Kier molecular flexibility index (Phi) is 3.93. The molecule has 5 N–H and O–H groups in total. The standard InChI is InChI=1S/C10H18N4O4/c1-5-8(14-3-6(2-11)12-13-14)10(17)9(16)7(4-15)18-5/h3,5,7-10,15-17H,2,4,11H2,1H3/t5-,7+,8-,9-,10+/m0/s1. The molecule has 2 rings (SSSR count). The Balaban J connectivity index is 2.21. The predicted molar refractivity (Wildman–Crippen MR) is 60.4 cm³/mol. The molecule has 1 aliphatic heterocycles. The number of nitrogens with zero attached hydrogens (tertiary/aromatic N) is 3. The average Bonchev–Trinajstić information content (AvgIpc) is 2.82. The van der Waals surface area contributed by atoms with Crippen LogP contribution in [0.4, 0.5) is 0 Å². The first kappa shape index (κ1) is 13.4. The maximum Gasteiger partial charge on any atom is 0.110 e. The van der Waals surface area contributed by atoms with Crippen molar-refractivity contribution in [2.45, 2.75) is 43.9 Å². The van der Waals surface area contributed by atoms with E-state index < -0.39 is 30.5 Å². The number of hydrogen-bond donors (Lipinski definition) is 4. The highest BCUT2D eigenvalue weighted by Gasteiger charge is 2.43. The molecule has 2 heterocycles. The molecular weight excluding hydrogens is 240 g/mol. The summed E-state index contributed by atoms with van der Waals surface area (Å²) < 4.78 is 6.89. The Hall–Kier alpha value is -1.06. The van der Waals surface area contributed by atoms with Crippen LogP contribution in [0.1, 0.15) is 18.7 Å². The van der Waals surface area contributed by atoms with E-state index in [9.17, 15) is 10.2 Å². The second-order valence-corrected chi connectivity index (χ2v) is 4.43. The Morgan fingerprint density at radius 1 is 1.44 bits per heavy atom. The van der Waals surface area contributed by atoms with E-state index in [4.69, 9.17) is 15.6 Å². The maximum atomic E-state index is 10.1. The largest absolute Gasteiger partial charge is 0.394 e. The summed E-state index contributed by atoms with van der Waals surface area (Å²) in [6, 6.07) is -0.560. The molecule has 8 nitrogen and oxygen atoms in total. The fraction of sp³-hybridized carbons (Fsp3) is 0.800. The fourth-order valence-electron chi connectivity index (χ4n) is 2.21. The van der Waals surface area contributed by atoms with Gasteiger partial charge in [-0.15, -0.1) is 5.10 Å². The summed E-state index contributed by atoms with van der Waals surface area (Å²) in [5, 5.41) is 36.7. The van der Waals surface area contributed by atoms with Crippen LogP contribution in [0.25, 0.3) is 0 Å². The second kappa shape index (κ2) is 5.29. The van der Waals surface area contributed by atoms with Crippen molar-refractivity contribution in [3.8, 4) is 0 Å². The lowest BCUT2D eigenvalue weighted by molar-refractivity contribution is -0.200. The third-order valence-corrected chi connectivity index (χ3v) is 3.20. The first-order chi connectivity index (χ1) is 8.58. The van der Waals surface area contributed by atoms with Crippen LogP contribution >= 0.6 is 0 Å². The van der Waals surface area contributed by atoms with Crippen LogP contribution in [0.2, 0.25) is 0 Å². The normalized spacial score (nSPS) is 36.8. The van der Waals surface area contributed by atoms with Gasteiger partial charge in [-0.05, 0) is 6.92 Å². The van der Waals surface area contributed by atoms with Gasteiger partial charge in [-0.25, -0.2) is 4.68 Å². The van der Waals surface area contributed by atoms with Gasteiger partial charge in [0.05, 0.1) is 24.6 Å². The van der Waals surface area contributed by atoms with Gasteiger partial charge in [0.1, 0.15) is 24.4 Å². The van der Waals surface area contributed by atoms with Gasteiger partial charge in [0.2, 0.25) is 0 Å². The molecule has 5 atom stereocenters. The van der Waals surface area contributed by atoms with Crippen LogP contribution in [-0.4, -0.2) is 61.3 Å². The molecule has 0 spiro atoms. The smallest absolute Gasteiger partial charge is 0.110 e. The van der Waals surface area contributed by atoms with E-state index in [2.05, 4.69) is 10.3 Å². The first-order valence-electron chi connectivity index (χ1n) is 5.81. The van der Waals surface area contributed by atoms with Crippen LogP contribution in [0.3, 0.4) is 0 Å². The maximum absolute atomic E-state index is 10.1. The van der Waals surface area contributed by atoms with E-state index in [1.165, 1.54) is 4.68 Å². The van der Waals surface area contributed by atoms with Crippen LogP contribution in [-0.2, 0) is 11.3 Å². The molecular formula is C10H18N4O4. The van der Waals surface area contributed by atoms with Gasteiger partial charge in [-0.2, -0.15) is 0 Å². The summed E-state index contributed by atoms with van der Waals surface area (Å²) in [5.74, 6) is 0. The van der Waals surface area contributed by atoms with Gasteiger partial charge in [-0.1, -0.05) is 5.21 Å². The van der Waals surface area contributed by atoms with E-state index in [-0.39, 0.29) is 13.2 Å². The lowest BCUT2D eigenvalue weighted by atomic mass is 9.94. The summed E-state index contributed by atoms with van der Waals surface area (Å²) >= 11 is 0. The zero-order valence-electron chi connectivity index (χ0n) is 10.0. The number of nitrogens with two attached hydrogens (primary N) is 1. The molecule has 0 aliphatic carbocycles. The zero-order valence-corrected chi connectivity index (χ0v) is 10.0. The molecule has 0 saturated carbocycles. The Labute approximate surface area is 104 Å². The van der Waals surface area contributed by atoms with Gasteiger partial charge in [0, 0.05) is 6.54 Å². The topological polar surface area (TPSA) is 127 Å². The third-order valence-electron chi connectivity index (χ3n) is 3.20. The van der Waals surface area contributed by atoms with Crippen molar-refractivity contribution < 1.29 is 20.1 Å². The molecule has 1 aromatic heterocycles. The molecule has 8 heteroatoms. The quantitative estimate of drug-likeness (QED) is 0.483. The van der Waals surface area contributed by atoms with Crippen LogP contribution in [0, 0.1) is 0 Å². The molecule has 0 radical (unpaired) electrons. The van der Waals surface area contributed by atoms with Gasteiger partial charge in [0.15, 0.2) is 0 Å². The van der Waals surface area contributed by atoms with E-state index in [1.807, 2.05) is 0 Å². The first-order valence-corrected chi connectivity index (χ1v) is 5.81. The Bertz CT molecular complexity index is 399. The van der Waals surface area contributed by atoms with Crippen molar-refractivity contribution in [1.82, 2.24) is 15.0 Å². The number of aromatic nitrogens is 3. The molecule has 18 heavy (non-hydrogen) atoms. The Morgan fingerprint density at radius 2 is 2.17 bits per heavy atom. The summed E-state index contributed by atoms with van der Waals surface area (Å²) in [7, 11) is 0. The van der Waals surface area contributed by atoms with Crippen molar-refractivity contribution in [2.24, 2.45) is 5.73 Å². The molecule has 0 amide bonds. The summed E-state index contributed by atoms with van der Waals surface area (Å²) in [6.45, 7) is 1.65. The van der Waals surface area contributed by atoms with Gasteiger partial charge < -0.3 is 25.8 Å². The average molecular weight is 258 g/mol. The van der Waals surface area contributed by atoms with Gasteiger partial charge in [-0.3, -0.25) is 0 Å². The highest BCUT2D eigenvalue weighted by molar-refractivity contribution is 4.98. The minimum atomic E-state index is -1.17. The third kappa shape index (κ3) is 2.25. The van der Waals surface area contributed by atoms with Crippen LogP contribution in [0.15, 0.2) is 6.20 Å². The number of aliphatic hydroxyl groups excluding tert-OH is 3. The van der Waals surface area contributed by atoms with Crippen LogP contribution in [0.5, 0.6) is 0 Å². The van der Waals surface area contributed by atoms with Crippen molar-refractivity contribution in [3.63, 3.8) is 0 Å². The summed E-state index contributed by atoms with van der Waals surface area (Å²) in [4.78, 5) is 0. The second-order valence-electron chi connectivity index (χ2n) is 4.43. The number of aliphatic hydroxyl groups is 3. The van der Waals surface area contributed by atoms with E-state index in [1.54, 1.807) is 13.1 Å². The predicted octanol–water partition coefficient (Wildman–Crippen LogP) is -2.22. The van der Waals surface area contributed by atoms with E-state index in [0.717, 1.165) is 0 Å². The van der Waals surface area contributed by atoms with Crippen molar-refractivity contribution in [3.05, 3.63) is 11.9 Å². The number of rotatable bonds is 3. The van der Waals surface area contributed by atoms with Gasteiger partial charge >= 0.3 is 0 Å². The monoisotopic (exact) mass is 258 g/mol. The molecule has 1 aromatic rings. The molecule has 102 valence electrons. The van der Waals surface area contributed by atoms with E-state index >= 15 is 0 Å². The minimum absolute atomic E-state index is 0.250. The number of hydrogen-bond acceptors (Lipinski definition) is 7. The lowest BCUT2D eigenvalue weighted by Gasteiger charge is -2.40. The molecule has 0 unspecified atom stereocenters. The van der Waals surface area contributed by atoms with Crippen molar-refractivity contribution in [2.75, 3.05) is 6.61 Å². The van der Waals surface area contributed by atoms with Crippen molar-refractivity contribution >= 4 is 0 Å². The van der Waals surface area contributed by atoms with Crippen molar-refractivity contribution in [1.29, 1.82) is 0 Å². The highest BCUT2D eigenvalue weighted by atomic mass is 16.5. The lowest BCUT2D eigenvalue weighted by Crippen LogP contribution is -2.55. The van der Waals surface area contributed by atoms with E-state index in [0.29, 0.717) is 5.69 Å². The fourth-order valence-corrected chi connectivity index (χ4v) is 2.21. The number of ether oxygens (including phenoxy) is 1. The van der Waals surface area contributed by atoms with Gasteiger partial charge in [0.25, 0.3) is 0 Å². The molecule has 0 bridgehead atoms. The summed E-state index contributed by atoms with van der Waals surface area (Å²) in [5.41, 5.74) is 6.03. The summed E-state index contributed by atoms with van der Waals surface area (Å²) in [6.07, 6.45) is -1.84. The SMILES string of the molecule is C[C@@H]1O[C@H](CO)[C@H](O)[C@H](O)[C@H]1n1cc(CN)nn1. The molecule has 0 aromatic carbocycles. The van der Waals surface area contributed by atoms with Crippen LogP contribution < -0.4 is 5.73 Å². The zero-order chi connectivity index (χ0) is 13.3. The Morgan fingerprint density at radius 3 is 2.72 bits per heavy atom. The minimum Gasteiger partial charge on any atom is -0.394 e. The molecule has 1 aliphatic rings. The molecule has 1 saturated heterocycles.